The highest BCUT2D eigenvalue weighted by Crippen LogP contribution is 2.21. The topological polar surface area (TPSA) is 61.4 Å². The number of nitrogens with zero attached hydrogens (tertiary/aromatic N) is 1. The van der Waals surface area contributed by atoms with Crippen molar-refractivity contribution >= 4 is 10.0 Å². The SMILES string of the molecule is O=S(=O)(NN1CCCCC1)c1ccccc1CNC1CC1. The molecular formula is C15H23N3O2S. The van der Waals surface area contributed by atoms with Crippen LogP contribution in [0.15, 0.2) is 29.2 Å². The molecule has 1 saturated carbocycles. The second-order valence-electron chi connectivity index (χ2n) is 5.91. The molecule has 0 bridgehead atoms. The van der Waals surface area contributed by atoms with Crippen LogP contribution < -0.4 is 10.1 Å². The number of hydrogen-bond acceptors (Lipinski definition) is 4. The minimum atomic E-state index is -3.48. The molecule has 0 atom stereocenters. The largest absolute Gasteiger partial charge is 0.310 e. The molecule has 21 heavy (non-hydrogen) atoms. The average Bonchev–Trinajstić information content (AvgIpc) is 3.30. The Morgan fingerprint density at radius 3 is 2.52 bits per heavy atom. The monoisotopic (exact) mass is 309 g/mol. The van der Waals surface area contributed by atoms with Gasteiger partial charge in [0.25, 0.3) is 10.0 Å². The molecule has 0 spiro atoms. The van der Waals surface area contributed by atoms with E-state index in [0.29, 0.717) is 17.5 Å². The van der Waals surface area contributed by atoms with Gasteiger partial charge in [-0.15, -0.1) is 4.83 Å². The van der Waals surface area contributed by atoms with Crippen LogP contribution in [0.2, 0.25) is 0 Å². The Labute approximate surface area is 126 Å². The maximum absolute atomic E-state index is 12.6. The third kappa shape index (κ3) is 4.03. The fourth-order valence-electron chi connectivity index (χ4n) is 2.66. The van der Waals surface area contributed by atoms with Gasteiger partial charge in [0, 0.05) is 25.7 Å². The van der Waals surface area contributed by atoms with Crippen molar-refractivity contribution in [1.82, 2.24) is 15.2 Å². The summed E-state index contributed by atoms with van der Waals surface area (Å²) in [7, 11) is -3.48. The van der Waals surface area contributed by atoms with Crippen LogP contribution in [0.4, 0.5) is 0 Å². The van der Waals surface area contributed by atoms with E-state index >= 15 is 0 Å². The number of rotatable bonds is 6. The van der Waals surface area contributed by atoms with Gasteiger partial charge in [-0.2, -0.15) is 0 Å². The second kappa shape index (κ2) is 6.44. The standard InChI is InChI=1S/C15H23N3O2S/c19-21(20,17-18-10-4-1-5-11-18)15-7-3-2-6-13(15)12-16-14-8-9-14/h2-3,6-7,14,16-17H,1,4-5,8-12H2. The predicted octanol–water partition coefficient (Wildman–Crippen LogP) is 1.62. The molecule has 1 aliphatic heterocycles. The lowest BCUT2D eigenvalue weighted by Gasteiger charge is -2.27. The van der Waals surface area contributed by atoms with E-state index in [1.807, 2.05) is 17.1 Å². The van der Waals surface area contributed by atoms with Crippen LogP contribution in [0.3, 0.4) is 0 Å². The quantitative estimate of drug-likeness (QED) is 0.838. The lowest BCUT2D eigenvalue weighted by Crippen LogP contribution is -2.45. The highest BCUT2D eigenvalue weighted by Gasteiger charge is 2.24. The van der Waals surface area contributed by atoms with Crippen molar-refractivity contribution in [3.63, 3.8) is 0 Å². The Kier molecular flexibility index (Phi) is 4.59. The van der Waals surface area contributed by atoms with Gasteiger partial charge < -0.3 is 5.32 Å². The number of hydrazine groups is 1. The maximum Gasteiger partial charge on any atom is 0.253 e. The Bertz CT molecular complexity index is 578. The molecule has 1 aromatic rings. The summed E-state index contributed by atoms with van der Waals surface area (Å²) in [6, 6.07) is 7.82. The van der Waals surface area contributed by atoms with E-state index < -0.39 is 10.0 Å². The van der Waals surface area contributed by atoms with E-state index in [4.69, 9.17) is 0 Å². The van der Waals surface area contributed by atoms with Crippen LogP contribution in [-0.2, 0) is 16.6 Å². The van der Waals surface area contributed by atoms with E-state index in [9.17, 15) is 8.42 Å². The molecule has 2 aliphatic rings. The van der Waals surface area contributed by atoms with Crippen molar-refractivity contribution in [2.45, 2.75) is 49.6 Å². The number of nitrogens with one attached hydrogen (secondary N) is 2. The molecule has 1 aromatic carbocycles. The summed E-state index contributed by atoms with van der Waals surface area (Å²) in [4.78, 5) is 3.13. The van der Waals surface area contributed by atoms with Crippen molar-refractivity contribution < 1.29 is 8.42 Å². The highest BCUT2D eigenvalue weighted by atomic mass is 32.2. The van der Waals surface area contributed by atoms with Gasteiger partial charge in [0.1, 0.15) is 0 Å². The molecule has 0 unspecified atom stereocenters. The van der Waals surface area contributed by atoms with Crippen LogP contribution in [0, 0.1) is 0 Å². The molecule has 0 aromatic heterocycles. The summed E-state index contributed by atoms with van der Waals surface area (Å²) in [6.07, 6.45) is 5.67. The lowest BCUT2D eigenvalue weighted by atomic mass is 10.2. The summed E-state index contributed by atoms with van der Waals surface area (Å²) < 4.78 is 25.2. The van der Waals surface area contributed by atoms with Crippen LogP contribution in [0.5, 0.6) is 0 Å². The second-order valence-corrected chi connectivity index (χ2v) is 7.53. The lowest BCUT2D eigenvalue weighted by molar-refractivity contribution is 0.200. The fourth-order valence-corrected chi connectivity index (χ4v) is 4.02. The Balaban J connectivity index is 1.73. The summed E-state index contributed by atoms with van der Waals surface area (Å²) in [5.41, 5.74) is 0.842. The number of hydrogen-bond donors (Lipinski definition) is 2. The maximum atomic E-state index is 12.6. The highest BCUT2D eigenvalue weighted by molar-refractivity contribution is 7.89. The first-order valence-corrected chi connectivity index (χ1v) is 9.22. The molecule has 1 saturated heterocycles. The number of piperidine rings is 1. The molecular weight excluding hydrogens is 286 g/mol. The molecule has 2 N–H and O–H groups in total. The average molecular weight is 309 g/mol. The fraction of sp³-hybridized carbons (Fsp3) is 0.600. The van der Waals surface area contributed by atoms with Crippen LogP contribution >= 0.6 is 0 Å². The van der Waals surface area contributed by atoms with Crippen molar-refractivity contribution in [3.8, 4) is 0 Å². The van der Waals surface area contributed by atoms with Crippen molar-refractivity contribution in [3.05, 3.63) is 29.8 Å². The van der Waals surface area contributed by atoms with Gasteiger partial charge >= 0.3 is 0 Å². The summed E-state index contributed by atoms with van der Waals surface area (Å²) in [6.45, 7) is 2.20. The molecule has 6 heteroatoms. The first kappa shape index (κ1) is 15.0. The summed E-state index contributed by atoms with van der Waals surface area (Å²) >= 11 is 0. The normalized spacial score (nSPS) is 20.6. The zero-order chi connectivity index (χ0) is 14.7. The van der Waals surface area contributed by atoms with Crippen molar-refractivity contribution in [2.24, 2.45) is 0 Å². The molecule has 5 nitrogen and oxygen atoms in total. The van der Waals surface area contributed by atoms with Crippen molar-refractivity contribution in [2.75, 3.05) is 13.1 Å². The van der Waals surface area contributed by atoms with E-state index in [1.165, 1.54) is 19.3 Å². The van der Waals surface area contributed by atoms with Gasteiger partial charge in [0.05, 0.1) is 4.90 Å². The first-order chi connectivity index (χ1) is 10.1. The van der Waals surface area contributed by atoms with Gasteiger partial charge in [-0.1, -0.05) is 24.6 Å². The van der Waals surface area contributed by atoms with E-state index in [-0.39, 0.29) is 0 Å². The van der Waals surface area contributed by atoms with E-state index in [0.717, 1.165) is 31.5 Å². The Hall–Kier alpha value is -0.950. The third-order valence-corrected chi connectivity index (χ3v) is 5.50. The molecule has 1 heterocycles. The molecule has 3 rings (SSSR count). The summed E-state index contributed by atoms with van der Waals surface area (Å²) in [5.74, 6) is 0. The molecule has 1 aliphatic carbocycles. The smallest absolute Gasteiger partial charge is 0.253 e. The zero-order valence-electron chi connectivity index (χ0n) is 12.2. The molecule has 0 radical (unpaired) electrons. The van der Waals surface area contributed by atoms with Gasteiger partial charge in [-0.3, -0.25) is 0 Å². The van der Waals surface area contributed by atoms with Gasteiger partial charge in [-0.05, 0) is 37.3 Å². The van der Waals surface area contributed by atoms with E-state index in [2.05, 4.69) is 10.1 Å². The molecule has 116 valence electrons. The van der Waals surface area contributed by atoms with Gasteiger partial charge in [-0.25, -0.2) is 13.4 Å². The zero-order valence-corrected chi connectivity index (χ0v) is 13.0. The van der Waals surface area contributed by atoms with Crippen molar-refractivity contribution in [1.29, 1.82) is 0 Å². The summed E-state index contributed by atoms with van der Waals surface area (Å²) in [5, 5.41) is 5.21. The minimum absolute atomic E-state index is 0.392. The molecule has 2 fully saturated rings. The predicted molar refractivity (Wildman–Crippen MR) is 82.0 cm³/mol. The van der Waals surface area contributed by atoms with E-state index in [1.54, 1.807) is 12.1 Å². The number of benzene rings is 1. The minimum Gasteiger partial charge on any atom is -0.310 e. The molecule has 0 amide bonds. The first-order valence-electron chi connectivity index (χ1n) is 7.74. The third-order valence-electron chi connectivity index (χ3n) is 4.03. The van der Waals surface area contributed by atoms with Crippen LogP contribution in [-0.4, -0.2) is 32.6 Å². The number of sulfonamides is 1. The Morgan fingerprint density at radius 2 is 1.81 bits per heavy atom. The van der Waals surface area contributed by atoms with Gasteiger partial charge in [0.2, 0.25) is 0 Å². The van der Waals surface area contributed by atoms with Crippen LogP contribution in [0.25, 0.3) is 0 Å². The Morgan fingerprint density at radius 1 is 1.10 bits per heavy atom. The van der Waals surface area contributed by atoms with Crippen LogP contribution in [0.1, 0.15) is 37.7 Å². The van der Waals surface area contributed by atoms with Gasteiger partial charge in [0.15, 0.2) is 0 Å².